The van der Waals surface area contributed by atoms with Gasteiger partial charge in [0.05, 0.1) is 5.39 Å². The molecule has 132 valence electrons. The molecule has 0 radical (unpaired) electrons. The van der Waals surface area contributed by atoms with E-state index in [4.69, 9.17) is 4.74 Å². The van der Waals surface area contributed by atoms with E-state index in [-0.39, 0.29) is 5.91 Å². The smallest absolute Gasteiger partial charge is 0.322 e. The van der Waals surface area contributed by atoms with Crippen molar-refractivity contribution in [1.82, 2.24) is 20.6 Å². The Morgan fingerprint density at radius 3 is 2.69 bits per heavy atom. The van der Waals surface area contributed by atoms with Crippen LogP contribution in [-0.2, 0) is 11.2 Å². The topological polar surface area (TPSA) is 93.2 Å². The minimum absolute atomic E-state index is 0.286. The Hall–Kier alpha value is -3.00. The molecule has 3 amide bonds. The largest absolute Gasteiger partial charge is 0.438 e. The molecule has 0 spiro atoms. The Kier molecular flexibility index (Phi) is 4.04. The Balaban J connectivity index is 1.43. The molecule has 1 aromatic carbocycles. The first kappa shape index (κ1) is 16.5. The maximum atomic E-state index is 11.8. The van der Waals surface area contributed by atoms with Gasteiger partial charge < -0.3 is 10.1 Å². The van der Waals surface area contributed by atoms with Crippen LogP contribution in [0.15, 0.2) is 42.0 Å². The molecule has 1 aliphatic rings. The summed E-state index contributed by atoms with van der Waals surface area (Å²) in [6, 6.07) is 9.12. The third-order valence-electron chi connectivity index (χ3n) is 4.39. The van der Waals surface area contributed by atoms with Gasteiger partial charge in [0, 0.05) is 0 Å². The maximum Gasteiger partial charge on any atom is 0.322 e. The van der Waals surface area contributed by atoms with E-state index >= 15 is 0 Å². The predicted molar refractivity (Wildman–Crippen MR) is 97.3 cm³/mol. The lowest BCUT2D eigenvalue weighted by molar-refractivity contribution is -0.123. The summed E-state index contributed by atoms with van der Waals surface area (Å²) < 4.78 is 5.87. The van der Waals surface area contributed by atoms with Crippen LogP contribution in [0, 0.1) is 0 Å². The van der Waals surface area contributed by atoms with Crippen LogP contribution in [0.1, 0.15) is 18.9 Å². The number of benzene rings is 1. The van der Waals surface area contributed by atoms with Crippen LogP contribution in [0.2, 0.25) is 0 Å². The molecule has 1 unspecified atom stereocenters. The van der Waals surface area contributed by atoms with E-state index in [9.17, 15) is 9.59 Å². The Bertz CT molecular complexity index is 986. The summed E-state index contributed by atoms with van der Waals surface area (Å²) in [4.78, 5) is 32.4. The Labute approximate surface area is 153 Å². The monoisotopic (exact) mass is 368 g/mol. The van der Waals surface area contributed by atoms with Gasteiger partial charge in [-0.1, -0.05) is 12.1 Å². The average Bonchev–Trinajstić information content (AvgIpc) is 3.20. The number of urea groups is 1. The fourth-order valence-electron chi connectivity index (χ4n) is 2.83. The molecular weight excluding hydrogens is 352 g/mol. The highest BCUT2D eigenvalue weighted by Gasteiger charge is 2.41. The molecule has 1 atom stereocenters. The highest BCUT2D eigenvalue weighted by molar-refractivity contribution is 7.16. The van der Waals surface area contributed by atoms with Crippen molar-refractivity contribution in [2.24, 2.45) is 0 Å². The molecule has 4 rings (SSSR count). The summed E-state index contributed by atoms with van der Waals surface area (Å²) in [5, 5.41) is 7.78. The SMILES string of the molecule is CC1(CCc2ccc(Oc3ncnc4sccc34)cc2)NC(=O)NC1=O. The molecule has 2 N–H and O–H groups in total. The van der Waals surface area contributed by atoms with Crippen LogP contribution in [0.5, 0.6) is 11.6 Å². The summed E-state index contributed by atoms with van der Waals surface area (Å²) in [7, 11) is 0. The number of ether oxygens (including phenoxy) is 1. The normalized spacial score (nSPS) is 19.4. The number of thiophene rings is 1. The highest BCUT2D eigenvalue weighted by atomic mass is 32.1. The molecule has 26 heavy (non-hydrogen) atoms. The zero-order valence-electron chi connectivity index (χ0n) is 14.0. The lowest BCUT2D eigenvalue weighted by atomic mass is 9.93. The number of hydrogen-bond donors (Lipinski definition) is 2. The minimum atomic E-state index is -0.863. The number of imide groups is 1. The number of nitrogens with one attached hydrogen (secondary N) is 2. The molecular formula is C18H16N4O3S. The van der Waals surface area contributed by atoms with E-state index in [0.29, 0.717) is 24.5 Å². The van der Waals surface area contributed by atoms with Gasteiger partial charge in [-0.3, -0.25) is 10.1 Å². The number of carbonyl (C=O) groups excluding carboxylic acids is 2. The van der Waals surface area contributed by atoms with E-state index in [1.807, 2.05) is 35.7 Å². The summed E-state index contributed by atoms with van der Waals surface area (Å²) in [6.45, 7) is 1.73. The van der Waals surface area contributed by atoms with Crippen molar-refractivity contribution in [3.05, 3.63) is 47.6 Å². The average molecular weight is 368 g/mol. The quantitative estimate of drug-likeness (QED) is 0.675. The van der Waals surface area contributed by atoms with Crippen molar-refractivity contribution >= 4 is 33.5 Å². The number of aromatic nitrogens is 2. The molecule has 3 aromatic rings. The van der Waals surface area contributed by atoms with Gasteiger partial charge in [0.2, 0.25) is 5.88 Å². The predicted octanol–water partition coefficient (Wildman–Crippen LogP) is 3.01. The van der Waals surface area contributed by atoms with Crippen LogP contribution in [0.25, 0.3) is 10.2 Å². The maximum absolute atomic E-state index is 11.8. The zero-order valence-corrected chi connectivity index (χ0v) is 14.8. The number of rotatable bonds is 5. The van der Waals surface area contributed by atoms with Crippen molar-refractivity contribution in [1.29, 1.82) is 0 Å². The molecule has 1 aliphatic heterocycles. The van der Waals surface area contributed by atoms with Gasteiger partial charge in [-0.15, -0.1) is 11.3 Å². The standard InChI is InChI=1S/C18H16N4O3S/c1-18(16(23)21-17(24)22-18)8-6-11-2-4-12(5-3-11)25-14-13-7-9-26-15(13)20-10-19-14/h2-5,7,9-10H,6,8H2,1H3,(H2,21,22,23,24). The van der Waals surface area contributed by atoms with Gasteiger partial charge in [-0.25, -0.2) is 14.8 Å². The molecule has 1 fully saturated rings. The Morgan fingerprint density at radius 2 is 1.96 bits per heavy atom. The van der Waals surface area contributed by atoms with E-state index in [1.54, 1.807) is 6.92 Å². The first-order valence-electron chi connectivity index (χ1n) is 8.12. The number of carbonyl (C=O) groups is 2. The lowest BCUT2D eigenvalue weighted by Gasteiger charge is -2.20. The van der Waals surface area contributed by atoms with Gasteiger partial charge in [0.25, 0.3) is 5.91 Å². The number of aryl methyl sites for hydroxylation is 1. The van der Waals surface area contributed by atoms with Crippen molar-refractivity contribution in [2.45, 2.75) is 25.3 Å². The first-order chi connectivity index (χ1) is 12.5. The summed E-state index contributed by atoms with van der Waals surface area (Å²) in [5.74, 6) is 0.922. The number of hydrogen-bond acceptors (Lipinski definition) is 6. The zero-order chi connectivity index (χ0) is 18.1. The summed E-state index contributed by atoms with van der Waals surface area (Å²) in [6.07, 6.45) is 2.67. The van der Waals surface area contributed by atoms with Crippen LogP contribution < -0.4 is 15.4 Å². The van der Waals surface area contributed by atoms with Crippen molar-refractivity contribution in [3.63, 3.8) is 0 Å². The molecule has 3 heterocycles. The first-order valence-corrected chi connectivity index (χ1v) is 9.00. The molecule has 1 saturated heterocycles. The highest BCUT2D eigenvalue weighted by Crippen LogP contribution is 2.29. The fourth-order valence-corrected chi connectivity index (χ4v) is 3.56. The second-order valence-corrected chi connectivity index (χ2v) is 7.20. The van der Waals surface area contributed by atoms with Crippen LogP contribution in [0.3, 0.4) is 0 Å². The molecule has 0 bridgehead atoms. The van der Waals surface area contributed by atoms with E-state index in [1.165, 1.54) is 17.7 Å². The van der Waals surface area contributed by atoms with Crippen LogP contribution >= 0.6 is 11.3 Å². The summed E-state index contributed by atoms with van der Waals surface area (Å²) in [5.41, 5.74) is 0.188. The van der Waals surface area contributed by atoms with Gasteiger partial charge in [0.15, 0.2) is 0 Å². The van der Waals surface area contributed by atoms with E-state index in [0.717, 1.165) is 15.8 Å². The van der Waals surface area contributed by atoms with Crippen molar-refractivity contribution in [2.75, 3.05) is 0 Å². The van der Waals surface area contributed by atoms with E-state index < -0.39 is 11.6 Å². The Morgan fingerprint density at radius 1 is 1.15 bits per heavy atom. The summed E-state index contributed by atoms with van der Waals surface area (Å²) >= 11 is 1.54. The molecule has 8 heteroatoms. The number of nitrogens with zero attached hydrogens (tertiary/aromatic N) is 2. The third kappa shape index (κ3) is 3.11. The second-order valence-electron chi connectivity index (χ2n) is 6.30. The van der Waals surface area contributed by atoms with E-state index in [2.05, 4.69) is 20.6 Å². The van der Waals surface area contributed by atoms with Gasteiger partial charge in [0.1, 0.15) is 22.4 Å². The van der Waals surface area contributed by atoms with Crippen LogP contribution in [0.4, 0.5) is 4.79 Å². The van der Waals surface area contributed by atoms with Crippen molar-refractivity contribution in [3.8, 4) is 11.6 Å². The molecule has 7 nitrogen and oxygen atoms in total. The molecule has 0 aliphatic carbocycles. The molecule has 0 saturated carbocycles. The second kappa shape index (κ2) is 6.38. The number of fused-ring (bicyclic) bond motifs is 1. The van der Waals surface area contributed by atoms with Gasteiger partial charge >= 0.3 is 6.03 Å². The van der Waals surface area contributed by atoms with Gasteiger partial charge in [-0.05, 0) is 48.9 Å². The van der Waals surface area contributed by atoms with Crippen LogP contribution in [-0.4, -0.2) is 27.4 Å². The molecule has 2 aromatic heterocycles. The third-order valence-corrected chi connectivity index (χ3v) is 5.22. The lowest BCUT2D eigenvalue weighted by Crippen LogP contribution is -2.43. The minimum Gasteiger partial charge on any atom is -0.438 e. The van der Waals surface area contributed by atoms with Crippen molar-refractivity contribution < 1.29 is 14.3 Å². The fraction of sp³-hybridized carbons (Fsp3) is 0.222. The number of amides is 3. The van der Waals surface area contributed by atoms with Gasteiger partial charge in [-0.2, -0.15) is 0 Å².